The van der Waals surface area contributed by atoms with Crippen LogP contribution in [0.5, 0.6) is 0 Å². The summed E-state index contributed by atoms with van der Waals surface area (Å²) in [6.07, 6.45) is 10.2. The molecule has 0 aliphatic heterocycles. The number of aliphatic hydroxyl groups is 1. The fourth-order valence-corrected chi connectivity index (χ4v) is 1.74. The molecule has 1 atom stereocenters. The van der Waals surface area contributed by atoms with Crippen LogP contribution < -0.4 is 5.32 Å². The Bertz CT molecular complexity index is 117. The fourth-order valence-electron chi connectivity index (χ4n) is 1.74. The van der Waals surface area contributed by atoms with Crippen LogP contribution in [0.3, 0.4) is 0 Å². The SMILES string of the molecule is CCCCCCCC(C)NCCCCO. The quantitative estimate of drug-likeness (QED) is 0.519. The largest absolute Gasteiger partial charge is 0.396 e. The minimum atomic E-state index is 0.326. The van der Waals surface area contributed by atoms with Crippen LogP contribution in [-0.4, -0.2) is 24.3 Å². The molecule has 0 aromatic carbocycles. The van der Waals surface area contributed by atoms with E-state index >= 15 is 0 Å². The van der Waals surface area contributed by atoms with Gasteiger partial charge in [-0.05, 0) is 32.7 Å². The topological polar surface area (TPSA) is 32.3 Å². The van der Waals surface area contributed by atoms with E-state index in [4.69, 9.17) is 5.11 Å². The van der Waals surface area contributed by atoms with E-state index in [1.807, 2.05) is 0 Å². The van der Waals surface area contributed by atoms with Gasteiger partial charge >= 0.3 is 0 Å². The van der Waals surface area contributed by atoms with E-state index in [1.54, 1.807) is 0 Å². The summed E-state index contributed by atoms with van der Waals surface area (Å²) in [4.78, 5) is 0. The van der Waals surface area contributed by atoms with Gasteiger partial charge in [-0.3, -0.25) is 0 Å². The maximum absolute atomic E-state index is 8.63. The number of hydrogen-bond donors (Lipinski definition) is 2. The lowest BCUT2D eigenvalue weighted by Gasteiger charge is -2.13. The molecule has 0 spiro atoms. The van der Waals surface area contributed by atoms with Crippen LogP contribution >= 0.6 is 0 Å². The van der Waals surface area contributed by atoms with Crippen molar-refractivity contribution in [2.75, 3.05) is 13.2 Å². The van der Waals surface area contributed by atoms with Crippen molar-refractivity contribution in [1.82, 2.24) is 5.32 Å². The summed E-state index contributed by atoms with van der Waals surface area (Å²) in [6, 6.07) is 0.644. The Hall–Kier alpha value is -0.0800. The van der Waals surface area contributed by atoms with Gasteiger partial charge in [0.1, 0.15) is 0 Å². The summed E-state index contributed by atoms with van der Waals surface area (Å²) in [5, 5.41) is 12.1. The number of hydrogen-bond acceptors (Lipinski definition) is 2. The molecule has 2 nitrogen and oxygen atoms in total. The molecule has 0 amide bonds. The molecule has 0 saturated heterocycles. The Balaban J connectivity index is 3.08. The van der Waals surface area contributed by atoms with Crippen LogP contribution in [0.4, 0.5) is 0 Å². The zero-order valence-corrected chi connectivity index (χ0v) is 10.6. The van der Waals surface area contributed by atoms with E-state index in [1.165, 1.54) is 38.5 Å². The van der Waals surface area contributed by atoms with Crippen LogP contribution in [-0.2, 0) is 0 Å². The van der Waals surface area contributed by atoms with E-state index in [9.17, 15) is 0 Å². The van der Waals surface area contributed by atoms with E-state index in [-0.39, 0.29) is 0 Å². The number of unbranched alkanes of at least 4 members (excludes halogenated alkanes) is 5. The lowest BCUT2D eigenvalue weighted by atomic mass is 10.1. The van der Waals surface area contributed by atoms with Crippen LogP contribution in [0, 0.1) is 0 Å². The van der Waals surface area contributed by atoms with Crippen LogP contribution in [0.15, 0.2) is 0 Å². The summed E-state index contributed by atoms with van der Waals surface area (Å²) in [5.74, 6) is 0. The van der Waals surface area contributed by atoms with Gasteiger partial charge in [0.15, 0.2) is 0 Å². The average Bonchev–Trinajstić information content (AvgIpc) is 2.24. The fraction of sp³-hybridized carbons (Fsp3) is 1.00. The Morgan fingerprint density at radius 3 is 2.40 bits per heavy atom. The van der Waals surface area contributed by atoms with Crippen molar-refractivity contribution in [2.24, 2.45) is 0 Å². The Kier molecular flexibility index (Phi) is 11.9. The normalized spacial score (nSPS) is 13.0. The van der Waals surface area contributed by atoms with Crippen molar-refractivity contribution in [3.05, 3.63) is 0 Å². The lowest BCUT2D eigenvalue weighted by Crippen LogP contribution is -2.26. The van der Waals surface area contributed by atoms with Gasteiger partial charge in [0, 0.05) is 12.6 Å². The molecule has 15 heavy (non-hydrogen) atoms. The first-order chi connectivity index (χ1) is 7.31. The molecule has 92 valence electrons. The van der Waals surface area contributed by atoms with E-state index in [0.717, 1.165) is 19.4 Å². The highest BCUT2D eigenvalue weighted by Crippen LogP contribution is 2.06. The molecule has 0 rings (SSSR count). The first-order valence-corrected chi connectivity index (χ1v) is 6.65. The van der Waals surface area contributed by atoms with Crippen molar-refractivity contribution in [2.45, 2.75) is 71.3 Å². The molecule has 0 aromatic heterocycles. The van der Waals surface area contributed by atoms with Gasteiger partial charge in [-0.1, -0.05) is 39.0 Å². The first-order valence-electron chi connectivity index (χ1n) is 6.65. The highest BCUT2D eigenvalue weighted by molar-refractivity contribution is 4.60. The Labute approximate surface area is 95.5 Å². The Morgan fingerprint density at radius 2 is 1.73 bits per heavy atom. The van der Waals surface area contributed by atoms with Crippen molar-refractivity contribution in [3.63, 3.8) is 0 Å². The van der Waals surface area contributed by atoms with Crippen molar-refractivity contribution in [3.8, 4) is 0 Å². The van der Waals surface area contributed by atoms with Crippen LogP contribution in [0.1, 0.15) is 65.2 Å². The summed E-state index contributed by atoms with van der Waals surface area (Å²) < 4.78 is 0. The molecule has 0 bridgehead atoms. The molecule has 0 aromatic rings. The smallest absolute Gasteiger partial charge is 0.0431 e. The van der Waals surface area contributed by atoms with Gasteiger partial charge in [-0.2, -0.15) is 0 Å². The predicted octanol–water partition coefficient (Wildman–Crippen LogP) is 3.10. The minimum Gasteiger partial charge on any atom is -0.396 e. The summed E-state index contributed by atoms with van der Waals surface area (Å²) in [6.45, 7) is 5.90. The molecule has 2 N–H and O–H groups in total. The van der Waals surface area contributed by atoms with Crippen molar-refractivity contribution >= 4 is 0 Å². The second-order valence-corrected chi connectivity index (χ2v) is 4.49. The molecule has 0 aliphatic carbocycles. The zero-order valence-electron chi connectivity index (χ0n) is 10.6. The molecule has 0 radical (unpaired) electrons. The standard InChI is InChI=1S/C13H29NO/c1-3-4-5-6-7-10-13(2)14-11-8-9-12-15/h13-15H,3-12H2,1-2H3. The average molecular weight is 215 g/mol. The number of aliphatic hydroxyl groups excluding tert-OH is 1. The van der Waals surface area contributed by atoms with Gasteiger partial charge in [0.05, 0.1) is 0 Å². The maximum atomic E-state index is 8.63. The van der Waals surface area contributed by atoms with Crippen LogP contribution in [0.25, 0.3) is 0 Å². The molecule has 1 unspecified atom stereocenters. The van der Waals surface area contributed by atoms with E-state index < -0.39 is 0 Å². The highest BCUT2D eigenvalue weighted by Gasteiger charge is 1.99. The molecule has 0 saturated carbocycles. The van der Waals surface area contributed by atoms with Crippen molar-refractivity contribution in [1.29, 1.82) is 0 Å². The van der Waals surface area contributed by atoms with E-state index in [2.05, 4.69) is 19.2 Å². The number of rotatable bonds is 11. The minimum absolute atomic E-state index is 0.326. The summed E-state index contributed by atoms with van der Waals surface area (Å²) in [7, 11) is 0. The third-order valence-electron chi connectivity index (χ3n) is 2.82. The van der Waals surface area contributed by atoms with E-state index in [0.29, 0.717) is 12.6 Å². The summed E-state index contributed by atoms with van der Waals surface area (Å²) >= 11 is 0. The lowest BCUT2D eigenvalue weighted by molar-refractivity contribution is 0.282. The Morgan fingerprint density at radius 1 is 1.00 bits per heavy atom. The zero-order chi connectivity index (χ0) is 11.4. The molecule has 0 fully saturated rings. The molecule has 0 aliphatic rings. The molecule has 2 heteroatoms. The second kappa shape index (κ2) is 12.0. The number of nitrogens with one attached hydrogen (secondary N) is 1. The second-order valence-electron chi connectivity index (χ2n) is 4.49. The van der Waals surface area contributed by atoms with Gasteiger partial charge in [0.2, 0.25) is 0 Å². The van der Waals surface area contributed by atoms with Gasteiger partial charge in [0.25, 0.3) is 0 Å². The monoisotopic (exact) mass is 215 g/mol. The third kappa shape index (κ3) is 11.8. The van der Waals surface area contributed by atoms with Crippen LogP contribution in [0.2, 0.25) is 0 Å². The predicted molar refractivity (Wildman–Crippen MR) is 67.2 cm³/mol. The van der Waals surface area contributed by atoms with Gasteiger partial charge in [-0.15, -0.1) is 0 Å². The third-order valence-corrected chi connectivity index (χ3v) is 2.82. The van der Waals surface area contributed by atoms with Crippen molar-refractivity contribution < 1.29 is 5.11 Å². The summed E-state index contributed by atoms with van der Waals surface area (Å²) in [5.41, 5.74) is 0. The first kappa shape index (κ1) is 14.9. The molecular weight excluding hydrogens is 186 g/mol. The van der Waals surface area contributed by atoms with Gasteiger partial charge in [-0.25, -0.2) is 0 Å². The highest BCUT2D eigenvalue weighted by atomic mass is 16.2. The molecule has 0 heterocycles. The van der Waals surface area contributed by atoms with Gasteiger partial charge < -0.3 is 10.4 Å². The molecular formula is C13H29NO. The maximum Gasteiger partial charge on any atom is 0.0431 e.